The van der Waals surface area contributed by atoms with Gasteiger partial charge in [-0.05, 0) is 76.0 Å². The Hall–Kier alpha value is -1.32. The zero-order chi connectivity index (χ0) is 15.4. The fourth-order valence-corrected chi connectivity index (χ4v) is 2.13. The first kappa shape index (κ1) is 18.0. The van der Waals surface area contributed by atoms with E-state index >= 15 is 0 Å². The van der Waals surface area contributed by atoms with Crippen LogP contribution in [-0.4, -0.2) is 21.0 Å². The van der Waals surface area contributed by atoms with Crippen molar-refractivity contribution in [1.29, 1.82) is 0 Å². The summed E-state index contributed by atoms with van der Waals surface area (Å²) in [6, 6.07) is 4.86. The van der Waals surface area contributed by atoms with Gasteiger partial charge in [-0.3, -0.25) is 0 Å². The maximum Gasteiger partial charge on any atom is 0.335 e. The SMILES string of the molecule is O=C(O)c1ccc2nc([C]3[CH][CH][CH][CH]3)[nH]c2c1.[CH]1[CH][CH][CH][CH]1.[Fe]. The minimum absolute atomic E-state index is 0. The predicted molar refractivity (Wildman–Crippen MR) is 84.1 cm³/mol. The zero-order valence-corrected chi connectivity index (χ0v) is 13.2. The first-order chi connectivity index (χ1) is 10.7. The molecule has 0 aliphatic heterocycles. The van der Waals surface area contributed by atoms with Crippen molar-refractivity contribution in [2.45, 2.75) is 0 Å². The summed E-state index contributed by atoms with van der Waals surface area (Å²) in [4.78, 5) is 18.4. The monoisotopic (exact) mass is 346 g/mol. The van der Waals surface area contributed by atoms with E-state index in [4.69, 9.17) is 5.11 Å². The summed E-state index contributed by atoms with van der Waals surface area (Å²) in [5.74, 6) is 0.821. The van der Waals surface area contributed by atoms with Gasteiger partial charge < -0.3 is 10.1 Å². The second-order valence-corrected chi connectivity index (χ2v) is 4.76. The smallest absolute Gasteiger partial charge is 0.335 e. The summed E-state index contributed by atoms with van der Waals surface area (Å²) >= 11 is 0. The van der Waals surface area contributed by atoms with Crippen LogP contribution < -0.4 is 0 Å². The molecule has 0 amide bonds. The Labute approximate surface area is 147 Å². The molecule has 23 heavy (non-hydrogen) atoms. The molecule has 0 atom stereocenters. The molecule has 0 unspecified atom stereocenters. The van der Waals surface area contributed by atoms with E-state index in [-0.39, 0.29) is 22.6 Å². The topological polar surface area (TPSA) is 66.0 Å². The molecule has 2 aromatic rings. The van der Waals surface area contributed by atoms with E-state index in [1.54, 1.807) is 18.2 Å². The Bertz CT molecular complexity index is 636. The maximum atomic E-state index is 10.8. The van der Waals surface area contributed by atoms with Crippen molar-refractivity contribution in [3.63, 3.8) is 0 Å². The molecule has 2 aliphatic carbocycles. The number of fused-ring (bicyclic) bond motifs is 1. The number of aromatic nitrogens is 2. The van der Waals surface area contributed by atoms with Crippen molar-refractivity contribution in [1.82, 2.24) is 9.97 Å². The number of carboxylic acids is 1. The molecule has 4 nitrogen and oxygen atoms in total. The van der Waals surface area contributed by atoms with Gasteiger partial charge >= 0.3 is 5.97 Å². The van der Waals surface area contributed by atoms with E-state index in [1.807, 2.05) is 57.8 Å². The summed E-state index contributed by atoms with van der Waals surface area (Å²) in [6.07, 6.45) is 17.8. The van der Waals surface area contributed by atoms with Gasteiger partial charge in [0.2, 0.25) is 0 Å². The molecule has 4 rings (SSSR count). The van der Waals surface area contributed by atoms with Gasteiger partial charge in [-0.2, -0.15) is 0 Å². The Morgan fingerprint density at radius 3 is 2.13 bits per heavy atom. The second kappa shape index (κ2) is 8.51. The number of benzene rings is 1. The molecule has 0 saturated heterocycles. The molecule has 1 heterocycles. The number of nitrogens with zero attached hydrogens (tertiary/aromatic N) is 1. The van der Waals surface area contributed by atoms with Crippen molar-refractivity contribution in [3.05, 3.63) is 93.3 Å². The number of carboxylic acid groups (broad SMARTS) is 1. The van der Waals surface area contributed by atoms with Gasteiger partial charge in [0.25, 0.3) is 0 Å². The number of rotatable bonds is 2. The van der Waals surface area contributed by atoms with Gasteiger partial charge in [-0.1, -0.05) is 0 Å². The van der Waals surface area contributed by atoms with Crippen LogP contribution in [0.3, 0.4) is 0 Å². The Balaban J connectivity index is 0.000000276. The average Bonchev–Trinajstić information content (AvgIpc) is 3.26. The van der Waals surface area contributed by atoms with Gasteiger partial charge in [0, 0.05) is 23.0 Å². The normalized spacial score (nSPS) is 17.6. The maximum absolute atomic E-state index is 10.8. The minimum atomic E-state index is -0.934. The molecule has 10 radical (unpaired) electrons. The van der Waals surface area contributed by atoms with Crippen molar-refractivity contribution < 1.29 is 27.0 Å². The van der Waals surface area contributed by atoms with Crippen molar-refractivity contribution in [2.24, 2.45) is 0 Å². The largest absolute Gasteiger partial charge is 0.478 e. The molecule has 2 aliphatic rings. The number of hydrogen-bond acceptors (Lipinski definition) is 2. The van der Waals surface area contributed by atoms with E-state index in [0.717, 1.165) is 22.8 Å². The fraction of sp³-hybridized carbons (Fsp3) is 0. The Morgan fingerprint density at radius 2 is 1.57 bits per heavy atom. The molecule has 1 aromatic heterocycles. The quantitative estimate of drug-likeness (QED) is 0.822. The van der Waals surface area contributed by atoms with E-state index in [9.17, 15) is 4.79 Å². The number of aromatic amines is 1. The van der Waals surface area contributed by atoms with Crippen LogP contribution in [0.5, 0.6) is 0 Å². The van der Waals surface area contributed by atoms with Gasteiger partial charge in [0.1, 0.15) is 5.82 Å². The molecule has 116 valence electrons. The van der Waals surface area contributed by atoms with Gasteiger partial charge in [0.15, 0.2) is 0 Å². The first-order valence-corrected chi connectivity index (χ1v) is 6.86. The van der Waals surface area contributed by atoms with Crippen LogP contribution in [0, 0.1) is 63.7 Å². The third-order valence-electron chi connectivity index (χ3n) is 3.22. The summed E-state index contributed by atoms with van der Waals surface area (Å²) < 4.78 is 0. The van der Waals surface area contributed by atoms with E-state index < -0.39 is 5.97 Å². The minimum Gasteiger partial charge on any atom is -0.478 e. The number of carbonyl (C=O) groups is 1. The van der Waals surface area contributed by atoms with Crippen LogP contribution in [0.4, 0.5) is 0 Å². The molecule has 5 heteroatoms. The number of hydrogen-bond donors (Lipinski definition) is 2. The summed E-state index contributed by atoms with van der Waals surface area (Å²) in [5.41, 5.74) is 1.77. The number of nitrogens with one attached hydrogen (secondary N) is 1. The van der Waals surface area contributed by atoms with Crippen molar-refractivity contribution >= 4 is 17.0 Å². The fourth-order valence-electron chi connectivity index (χ4n) is 2.13. The Morgan fingerprint density at radius 1 is 0.957 bits per heavy atom. The molecule has 2 N–H and O–H groups in total. The summed E-state index contributed by atoms with van der Waals surface area (Å²) in [6.45, 7) is 0. The molecule has 2 saturated carbocycles. The standard InChI is InChI=1S/C13H9N2O2.C5H5.Fe/c16-13(17)9-5-6-10-11(7-9)15-12(14-10)8-3-1-2-4-8;1-2-4-5-3-1;/h1-7H,(H,14,15)(H,16,17);1-5H;. The first-order valence-electron chi connectivity index (χ1n) is 6.86. The van der Waals surface area contributed by atoms with Gasteiger partial charge in [0.05, 0.1) is 16.6 Å². The number of H-pyrrole nitrogens is 1. The summed E-state index contributed by atoms with van der Waals surface area (Å²) in [7, 11) is 0. The molecule has 1 aromatic carbocycles. The van der Waals surface area contributed by atoms with Crippen LogP contribution >= 0.6 is 0 Å². The van der Waals surface area contributed by atoms with E-state index in [0.29, 0.717) is 0 Å². The molecule has 0 spiro atoms. The number of aromatic carboxylic acids is 1. The third kappa shape index (κ3) is 4.58. The van der Waals surface area contributed by atoms with Gasteiger partial charge in [-0.25, -0.2) is 9.78 Å². The van der Waals surface area contributed by atoms with Crippen LogP contribution in [0.25, 0.3) is 11.0 Å². The van der Waals surface area contributed by atoms with E-state index in [1.165, 1.54) is 0 Å². The second-order valence-electron chi connectivity index (χ2n) is 4.76. The van der Waals surface area contributed by atoms with Crippen LogP contribution in [0.1, 0.15) is 16.2 Å². The van der Waals surface area contributed by atoms with Crippen molar-refractivity contribution in [3.8, 4) is 0 Å². The van der Waals surface area contributed by atoms with E-state index in [2.05, 4.69) is 9.97 Å². The molecular formula is C18H14FeN2O2. The Kier molecular flexibility index (Phi) is 6.67. The van der Waals surface area contributed by atoms with Crippen molar-refractivity contribution in [2.75, 3.05) is 0 Å². The van der Waals surface area contributed by atoms with Gasteiger partial charge in [-0.15, -0.1) is 0 Å². The van der Waals surface area contributed by atoms with Crippen LogP contribution in [0.2, 0.25) is 0 Å². The predicted octanol–water partition coefficient (Wildman–Crippen LogP) is 3.03. The zero-order valence-electron chi connectivity index (χ0n) is 12.1. The summed E-state index contributed by atoms with van der Waals surface area (Å²) in [5, 5.41) is 8.90. The molecule has 2 fully saturated rings. The van der Waals surface area contributed by atoms with Crippen LogP contribution in [-0.2, 0) is 17.1 Å². The average molecular weight is 346 g/mol. The van der Waals surface area contributed by atoms with Crippen LogP contribution in [0.15, 0.2) is 18.2 Å². The molecule has 0 bridgehead atoms. The molecular weight excluding hydrogens is 332 g/mol. The number of imidazole rings is 1. The third-order valence-corrected chi connectivity index (χ3v) is 3.22.